The van der Waals surface area contributed by atoms with E-state index in [1.165, 1.54) is 257 Å². The molecule has 1 amide bonds. The Balaban J connectivity index is 3.60. The molecule has 0 aliphatic carbocycles. The zero-order valence-corrected chi connectivity index (χ0v) is 43.3. The van der Waals surface area contributed by atoms with Crippen LogP contribution in [0, 0.1) is 0 Å². The largest absolute Gasteiger partial charge is 0.394 e. The molecule has 0 saturated carbocycles. The first kappa shape index (κ1) is 63.0. The Morgan fingerprint density at radius 3 is 0.906 bits per heavy atom. The van der Waals surface area contributed by atoms with Gasteiger partial charge in [-0.1, -0.05) is 296 Å². The number of amides is 1. The number of rotatable bonds is 54. The van der Waals surface area contributed by atoms with Crippen molar-refractivity contribution >= 4 is 5.91 Å². The summed E-state index contributed by atoms with van der Waals surface area (Å²) in [6.07, 6.45) is 62.8. The van der Waals surface area contributed by atoms with Crippen molar-refractivity contribution in [3.05, 3.63) is 12.2 Å². The first-order valence-electron chi connectivity index (χ1n) is 29.1. The van der Waals surface area contributed by atoms with Crippen LogP contribution in [0.4, 0.5) is 0 Å². The molecule has 0 aromatic carbocycles. The zero-order chi connectivity index (χ0) is 46.7. The average Bonchev–Trinajstić information content (AvgIpc) is 3.30. The average molecular weight is 907 g/mol. The minimum Gasteiger partial charge on any atom is -0.394 e. The van der Waals surface area contributed by atoms with Gasteiger partial charge in [0.15, 0.2) is 0 Å². The Hall–Kier alpha value is -0.950. The van der Waals surface area contributed by atoms with Crippen LogP contribution in [-0.4, -0.2) is 57.3 Å². The highest BCUT2D eigenvalue weighted by molar-refractivity contribution is 5.80. The topological polar surface area (TPSA) is 110 Å². The van der Waals surface area contributed by atoms with Crippen molar-refractivity contribution in [1.29, 1.82) is 0 Å². The summed E-state index contributed by atoms with van der Waals surface area (Å²) in [6, 6.07) is -0.984. The molecule has 0 heterocycles. The SMILES string of the molecule is CCCCCCCCCCCCCC/C=C\CCCCCCCCCCCC(O)C(=O)NC(CO)C(O)C(O)CCCCCCCCCCCCCCCCCCCCCCCCC. The highest BCUT2D eigenvalue weighted by atomic mass is 16.3. The monoisotopic (exact) mass is 906 g/mol. The number of carbonyl (C=O) groups excluding carboxylic acids is 1. The molecule has 0 aromatic heterocycles. The molecule has 0 rings (SSSR count). The van der Waals surface area contributed by atoms with E-state index >= 15 is 0 Å². The first-order chi connectivity index (χ1) is 31.5. The Kier molecular flexibility index (Phi) is 52.2. The van der Waals surface area contributed by atoms with Crippen LogP contribution in [0.25, 0.3) is 0 Å². The number of aliphatic hydroxyl groups is 4. The van der Waals surface area contributed by atoms with Crippen molar-refractivity contribution in [1.82, 2.24) is 5.32 Å². The predicted molar refractivity (Wildman–Crippen MR) is 279 cm³/mol. The lowest BCUT2D eigenvalue weighted by molar-refractivity contribution is -0.132. The predicted octanol–water partition coefficient (Wildman–Crippen LogP) is 16.9. The number of hydrogen-bond donors (Lipinski definition) is 5. The smallest absolute Gasteiger partial charge is 0.249 e. The molecule has 6 heteroatoms. The van der Waals surface area contributed by atoms with E-state index in [4.69, 9.17) is 0 Å². The van der Waals surface area contributed by atoms with Crippen molar-refractivity contribution in [3.63, 3.8) is 0 Å². The summed E-state index contributed by atoms with van der Waals surface area (Å²) in [7, 11) is 0. The molecule has 64 heavy (non-hydrogen) atoms. The number of aliphatic hydroxyl groups excluding tert-OH is 4. The molecule has 0 radical (unpaired) electrons. The lowest BCUT2D eigenvalue weighted by Crippen LogP contribution is -2.53. The van der Waals surface area contributed by atoms with Crippen molar-refractivity contribution in [2.24, 2.45) is 0 Å². The summed E-state index contributed by atoms with van der Waals surface area (Å²) in [5, 5.41) is 44.1. The minimum absolute atomic E-state index is 0.370. The fraction of sp³-hybridized carbons (Fsp3) is 0.948. The number of allylic oxidation sites excluding steroid dienone is 2. The highest BCUT2D eigenvalue weighted by Crippen LogP contribution is 2.18. The minimum atomic E-state index is -1.26. The van der Waals surface area contributed by atoms with E-state index < -0.39 is 36.9 Å². The van der Waals surface area contributed by atoms with Gasteiger partial charge in [-0.3, -0.25) is 4.79 Å². The summed E-state index contributed by atoms with van der Waals surface area (Å²) in [5.41, 5.74) is 0. The molecule has 0 aliphatic rings. The quantitative estimate of drug-likeness (QED) is 0.0308. The van der Waals surface area contributed by atoms with Crippen LogP contribution in [0.5, 0.6) is 0 Å². The van der Waals surface area contributed by atoms with Crippen LogP contribution < -0.4 is 5.32 Å². The van der Waals surface area contributed by atoms with E-state index in [9.17, 15) is 25.2 Å². The van der Waals surface area contributed by atoms with Crippen molar-refractivity contribution < 1.29 is 25.2 Å². The molecule has 0 saturated heterocycles. The van der Waals surface area contributed by atoms with Gasteiger partial charge in [-0.15, -0.1) is 0 Å². The molecule has 4 atom stereocenters. The standard InChI is InChI=1S/C58H115NO5/c1-3-5-7-9-11-13-15-17-19-21-23-25-27-28-30-32-34-36-38-40-42-44-46-48-50-52-56(62)58(64)59-54(53-60)57(63)55(61)51-49-47-45-43-41-39-37-35-33-31-29-26-24-22-20-18-16-14-12-10-8-6-4-2/h28,30,54-57,60-63H,3-27,29,31-53H2,1-2H3,(H,59,64)/b30-28-. The molecule has 0 spiro atoms. The number of carbonyl (C=O) groups is 1. The van der Waals surface area contributed by atoms with Gasteiger partial charge >= 0.3 is 0 Å². The third kappa shape index (κ3) is 46.2. The summed E-state index contributed by atoms with van der Waals surface area (Å²) in [5.74, 6) is -0.580. The molecule has 382 valence electrons. The maximum Gasteiger partial charge on any atom is 0.249 e. The van der Waals surface area contributed by atoms with Crippen molar-refractivity contribution in [2.75, 3.05) is 6.61 Å². The van der Waals surface area contributed by atoms with Gasteiger partial charge in [-0.05, 0) is 38.5 Å². The van der Waals surface area contributed by atoms with E-state index in [-0.39, 0.29) is 0 Å². The molecular formula is C58H115NO5. The molecule has 4 unspecified atom stereocenters. The zero-order valence-electron chi connectivity index (χ0n) is 43.3. The third-order valence-corrected chi connectivity index (χ3v) is 14.0. The second-order valence-corrected chi connectivity index (χ2v) is 20.3. The normalized spacial score (nSPS) is 13.8. The van der Waals surface area contributed by atoms with Gasteiger partial charge in [0.2, 0.25) is 5.91 Å². The van der Waals surface area contributed by atoms with E-state index in [1.807, 2.05) is 0 Å². The van der Waals surface area contributed by atoms with Crippen LogP contribution >= 0.6 is 0 Å². The summed E-state index contributed by atoms with van der Waals surface area (Å²) in [6.45, 7) is 4.10. The van der Waals surface area contributed by atoms with Gasteiger partial charge in [0.05, 0.1) is 18.8 Å². The van der Waals surface area contributed by atoms with Crippen molar-refractivity contribution in [2.45, 2.75) is 346 Å². The first-order valence-corrected chi connectivity index (χ1v) is 29.1. The van der Waals surface area contributed by atoms with Crippen molar-refractivity contribution in [3.8, 4) is 0 Å². The van der Waals surface area contributed by atoms with Crippen LogP contribution in [-0.2, 0) is 4.79 Å². The van der Waals surface area contributed by atoms with Gasteiger partial charge in [-0.25, -0.2) is 0 Å². The second-order valence-electron chi connectivity index (χ2n) is 20.3. The molecular weight excluding hydrogens is 791 g/mol. The fourth-order valence-electron chi connectivity index (χ4n) is 9.40. The maximum absolute atomic E-state index is 12.6. The van der Waals surface area contributed by atoms with Gasteiger partial charge in [0, 0.05) is 0 Å². The number of unbranched alkanes of at least 4 members (excludes halogenated alkanes) is 43. The number of hydrogen-bond acceptors (Lipinski definition) is 5. The molecule has 6 nitrogen and oxygen atoms in total. The number of nitrogens with one attached hydrogen (secondary N) is 1. The van der Waals surface area contributed by atoms with E-state index in [2.05, 4.69) is 31.3 Å². The molecule has 0 aromatic rings. The van der Waals surface area contributed by atoms with Gasteiger partial charge in [0.25, 0.3) is 0 Å². The Morgan fingerprint density at radius 2 is 0.625 bits per heavy atom. The third-order valence-electron chi connectivity index (χ3n) is 14.0. The van der Waals surface area contributed by atoms with E-state index in [1.54, 1.807) is 0 Å². The van der Waals surface area contributed by atoms with Gasteiger partial charge in [-0.2, -0.15) is 0 Å². The van der Waals surface area contributed by atoms with E-state index in [0.29, 0.717) is 12.8 Å². The maximum atomic E-state index is 12.6. The van der Waals surface area contributed by atoms with Crippen LogP contribution in [0.1, 0.15) is 322 Å². The van der Waals surface area contributed by atoms with Crippen LogP contribution in [0.15, 0.2) is 12.2 Å². The molecule has 0 bridgehead atoms. The summed E-state index contributed by atoms with van der Waals surface area (Å²) < 4.78 is 0. The Morgan fingerprint density at radius 1 is 0.375 bits per heavy atom. The van der Waals surface area contributed by atoms with Gasteiger partial charge in [0.1, 0.15) is 12.2 Å². The highest BCUT2D eigenvalue weighted by Gasteiger charge is 2.28. The lowest BCUT2D eigenvalue weighted by atomic mass is 9.99. The molecule has 0 aliphatic heterocycles. The van der Waals surface area contributed by atoms with Crippen LogP contribution in [0.2, 0.25) is 0 Å². The summed E-state index contributed by atoms with van der Waals surface area (Å²) in [4.78, 5) is 12.6. The Bertz CT molecular complexity index is 928. The van der Waals surface area contributed by atoms with Crippen LogP contribution in [0.3, 0.4) is 0 Å². The second kappa shape index (κ2) is 53.0. The van der Waals surface area contributed by atoms with E-state index in [0.717, 1.165) is 38.5 Å². The Labute approximate surface area is 400 Å². The fourth-order valence-corrected chi connectivity index (χ4v) is 9.40. The molecule has 0 fully saturated rings. The summed E-state index contributed by atoms with van der Waals surface area (Å²) >= 11 is 0. The molecule has 5 N–H and O–H groups in total. The lowest BCUT2D eigenvalue weighted by Gasteiger charge is -2.27. The van der Waals surface area contributed by atoms with Gasteiger partial charge < -0.3 is 25.7 Å².